The van der Waals surface area contributed by atoms with Gasteiger partial charge < -0.3 is 14.6 Å². The second kappa shape index (κ2) is 7.16. The molecule has 1 aromatic carbocycles. The first-order valence-electron chi connectivity index (χ1n) is 5.26. The van der Waals surface area contributed by atoms with Crippen LogP contribution in [0, 0.1) is 0 Å². The number of hydrogen-bond acceptors (Lipinski definition) is 3. The summed E-state index contributed by atoms with van der Waals surface area (Å²) in [6, 6.07) is 4.51. The van der Waals surface area contributed by atoms with E-state index in [9.17, 15) is 18.0 Å². The van der Waals surface area contributed by atoms with Gasteiger partial charge in [0.1, 0.15) is 12.4 Å². The minimum Gasteiger partial charge on any atom is -0.478 e. The smallest absolute Gasteiger partial charge is 0.411 e. The van der Waals surface area contributed by atoms with Gasteiger partial charge >= 0.3 is 12.1 Å². The maximum atomic E-state index is 11.9. The molecule has 4 nitrogen and oxygen atoms in total. The summed E-state index contributed by atoms with van der Waals surface area (Å²) in [6.45, 7) is -2.10. The molecule has 0 aliphatic heterocycles. The summed E-state index contributed by atoms with van der Waals surface area (Å²) in [5, 5.41) is 8.66. The Hall–Kier alpha value is -1.73. The van der Waals surface area contributed by atoms with Gasteiger partial charge in [0.15, 0.2) is 6.79 Å². The van der Waals surface area contributed by atoms with Crippen molar-refractivity contribution < 1.29 is 32.5 Å². The SMILES string of the molecule is O=C(O)/C=C/c1cccc(Cl)c1OCOCC(F)(F)F. The third-order valence-corrected chi connectivity index (χ3v) is 2.25. The number of aliphatic carboxylic acids is 1. The van der Waals surface area contributed by atoms with Gasteiger partial charge in [-0.15, -0.1) is 0 Å². The Kier molecular flexibility index (Phi) is 5.84. The first kappa shape index (κ1) is 16.3. The highest BCUT2D eigenvalue weighted by Gasteiger charge is 2.27. The summed E-state index contributed by atoms with van der Waals surface area (Å²) in [5.41, 5.74) is 0.315. The molecule has 110 valence electrons. The topological polar surface area (TPSA) is 55.8 Å². The van der Waals surface area contributed by atoms with Crippen LogP contribution in [-0.2, 0) is 9.53 Å². The number of benzene rings is 1. The van der Waals surface area contributed by atoms with E-state index in [1.165, 1.54) is 18.2 Å². The summed E-state index contributed by atoms with van der Waals surface area (Å²) >= 11 is 5.83. The van der Waals surface area contributed by atoms with Gasteiger partial charge in [0, 0.05) is 11.6 Å². The molecule has 0 atom stereocenters. The van der Waals surface area contributed by atoms with Crippen molar-refractivity contribution in [2.24, 2.45) is 0 Å². The lowest BCUT2D eigenvalue weighted by Crippen LogP contribution is -2.19. The lowest BCUT2D eigenvalue weighted by atomic mass is 10.2. The lowest BCUT2D eigenvalue weighted by Gasteiger charge is -2.12. The van der Waals surface area contributed by atoms with Crippen molar-refractivity contribution in [3.8, 4) is 5.75 Å². The second-order valence-electron chi connectivity index (χ2n) is 3.56. The Bertz CT molecular complexity index is 500. The standard InChI is InChI=1S/C12H10ClF3O4/c13-9-3-1-2-8(4-5-10(17)18)11(9)20-7-19-6-12(14,15)16/h1-5H,6-7H2,(H,17,18)/b5-4+. The molecular weight excluding hydrogens is 301 g/mol. The van der Waals surface area contributed by atoms with Gasteiger partial charge in [-0.05, 0) is 12.1 Å². The molecule has 0 bridgehead atoms. The largest absolute Gasteiger partial charge is 0.478 e. The minimum atomic E-state index is -4.45. The molecule has 1 N–H and O–H groups in total. The van der Waals surface area contributed by atoms with E-state index in [1.807, 2.05) is 0 Å². The van der Waals surface area contributed by atoms with Gasteiger partial charge in [-0.2, -0.15) is 13.2 Å². The summed E-state index contributed by atoms with van der Waals surface area (Å²) in [5.74, 6) is -1.13. The molecule has 0 spiro atoms. The Morgan fingerprint density at radius 1 is 1.40 bits per heavy atom. The van der Waals surface area contributed by atoms with Gasteiger partial charge in [0.25, 0.3) is 0 Å². The predicted molar refractivity (Wildman–Crippen MR) is 65.6 cm³/mol. The van der Waals surface area contributed by atoms with Crippen molar-refractivity contribution in [3.63, 3.8) is 0 Å². The summed E-state index contributed by atoms with van der Waals surface area (Å²) < 4.78 is 44.9. The van der Waals surface area contributed by atoms with Crippen LogP contribution in [0.3, 0.4) is 0 Å². The quantitative estimate of drug-likeness (QED) is 0.497. The van der Waals surface area contributed by atoms with E-state index < -0.39 is 25.5 Å². The van der Waals surface area contributed by atoms with Crippen LogP contribution in [0.4, 0.5) is 13.2 Å². The number of hydrogen-bond donors (Lipinski definition) is 1. The Morgan fingerprint density at radius 3 is 2.70 bits per heavy atom. The van der Waals surface area contributed by atoms with Crippen LogP contribution in [0.15, 0.2) is 24.3 Å². The Morgan fingerprint density at radius 2 is 2.10 bits per heavy atom. The fourth-order valence-corrected chi connectivity index (χ4v) is 1.46. The van der Waals surface area contributed by atoms with Crippen molar-refractivity contribution in [2.75, 3.05) is 13.4 Å². The molecule has 0 unspecified atom stereocenters. The molecule has 0 aliphatic rings. The monoisotopic (exact) mass is 310 g/mol. The first-order chi connectivity index (χ1) is 9.29. The number of carbonyl (C=O) groups is 1. The van der Waals surface area contributed by atoms with Crippen LogP contribution in [0.25, 0.3) is 6.08 Å². The molecule has 0 heterocycles. The van der Waals surface area contributed by atoms with E-state index in [2.05, 4.69) is 4.74 Å². The van der Waals surface area contributed by atoms with Crippen LogP contribution in [0.1, 0.15) is 5.56 Å². The number of alkyl halides is 3. The molecule has 1 aromatic rings. The average Bonchev–Trinajstić information content (AvgIpc) is 2.32. The summed E-state index contributed by atoms with van der Waals surface area (Å²) in [7, 11) is 0. The van der Waals surface area contributed by atoms with Gasteiger partial charge in [0.2, 0.25) is 0 Å². The zero-order chi connectivity index (χ0) is 15.2. The molecule has 20 heavy (non-hydrogen) atoms. The number of ether oxygens (including phenoxy) is 2. The lowest BCUT2D eigenvalue weighted by molar-refractivity contribution is -0.186. The highest BCUT2D eigenvalue weighted by molar-refractivity contribution is 6.32. The fourth-order valence-electron chi connectivity index (χ4n) is 1.23. The Labute approximate surface area is 117 Å². The van der Waals surface area contributed by atoms with Crippen LogP contribution in [-0.4, -0.2) is 30.7 Å². The third kappa shape index (κ3) is 5.94. The number of carboxylic acid groups (broad SMARTS) is 1. The van der Waals surface area contributed by atoms with Crippen LogP contribution in [0.2, 0.25) is 5.02 Å². The highest BCUT2D eigenvalue weighted by atomic mass is 35.5. The maximum Gasteiger partial charge on any atom is 0.411 e. The molecule has 0 radical (unpaired) electrons. The molecular formula is C12H10ClF3O4. The predicted octanol–water partition coefficient (Wildman–Crippen LogP) is 3.35. The minimum absolute atomic E-state index is 0.0499. The molecule has 0 aliphatic carbocycles. The van der Waals surface area contributed by atoms with E-state index in [0.717, 1.165) is 6.08 Å². The molecule has 0 amide bonds. The molecule has 0 fully saturated rings. The summed E-state index contributed by atoms with van der Waals surface area (Å²) in [6.07, 6.45) is -2.38. The molecule has 0 saturated carbocycles. The fraction of sp³-hybridized carbons (Fsp3) is 0.250. The third-order valence-electron chi connectivity index (χ3n) is 1.96. The van der Waals surface area contributed by atoms with Crippen LogP contribution >= 0.6 is 11.6 Å². The van der Waals surface area contributed by atoms with Gasteiger partial charge in [-0.3, -0.25) is 0 Å². The number of carboxylic acids is 1. The zero-order valence-corrected chi connectivity index (χ0v) is 10.7. The van der Waals surface area contributed by atoms with Crippen molar-refractivity contribution in [3.05, 3.63) is 34.9 Å². The molecule has 1 rings (SSSR count). The van der Waals surface area contributed by atoms with Crippen molar-refractivity contribution in [1.82, 2.24) is 0 Å². The normalized spacial score (nSPS) is 11.8. The molecule has 8 heteroatoms. The van der Waals surface area contributed by atoms with Gasteiger partial charge in [-0.25, -0.2) is 4.79 Å². The number of rotatable bonds is 6. The van der Waals surface area contributed by atoms with Crippen molar-refractivity contribution >= 4 is 23.6 Å². The van der Waals surface area contributed by atoms with E-state index >= 15 is 0 Å². The highest BCUT2D eigenvalue weighted by Crippen LogP contribution is 2.29. The number of halogens is 4. The molecule has 0 saturated heterocycles. The molecule has 0 aromatic heterocycles. The Balaban J connectivity index is 2.71. The van der Waals surface area contributed by atoms with Crippen LogP contribution < -0.4 is 4.74 Å². The van der Waals surface area contributed by atoms with E-state index in [0.29, 0.717) is 5.56 Å². The van der Waals surface area contributed by atoms with Gasteiger partial charge in [0.05, 0.1) is 5.02 Å². The van der Waals surface area contributed by atoms with E-state index in [1.54, 1.807) is 6.07 Å². The van der Waals surface area contributed by atoms with E-state index in [-0.39, 0.29) is 10.8 Å². The average molecular weight is 311 g/mol. The zero-order valence-electron chi connectivity index (χ0n) is 9.98. The van der Waals surface area contributed by atoms with Crippen molar-refractivity contribution in [2.45, 2.75) is 6.18 Å². The van der Waals surface area contributed by atoms with Crippen molar-refractivity contribution in [1.29, 1.82) is 0 Å². The maximum absolute atomic E-state index is 11.9. The number of para-hydroxylation sites is 1. The van der Waals surface area contributed by atoms with Gasteiger partial charge in [-0.1, -0.05) is 23.7 Å². The summed E-state index contributed by atoms with van der Waals surface area (Å²) in [4.78, 5) is 10.4. The van der Waals surface area contributed by atoms with Crippen LogP contribution in [0.5, 0.6) is 5.75 Å². The van der Waals surface area contributed by atoms with E-state index in [4.69, 9.17) is 21.4 Å². The first-order valence-corrected chi connectivity index (χ1v) is 5.64. The second-order valence-corrected chi connectivity index (χ2v) is 3.96.